The van der Waals surface area contributed by atoms with Gasteiger partial charge < -0.3 is 9.13 Å². The van der Waals surface area contributed by atoms with Gasteiger partial charge in [0.25, 0.3) is 0 Å². The Bertz CT molecular complexity index is 2040. The summed E-state index contributed by atoms with van der Waals surface area (Å²) in [5.74, 6) is 0. The van der Waals surface area contributed by atoms with E-state index < -0.39 is 0 Å². The van der Waals surface area contributed by atoms with Gasteiger partial charge in [0.1, 0.15) is 0 Å². The molecule has 0 saturated heterocycles. The second-order valence-corrected chi connectivity index (χ2v) is 11.2. The molecular weight excluding hydrogens is 472 g/mol. The van der Waals surface area contributed by atoms with E-state index in [0.29, 0.717) is 0 Å². The van der Waals surface area contributed by atoms with Gasteiger partial charge in [-0.1, -0.05) is 74.5 Å². The molecule has 8 rings (SSSR count). The first kappa shape index (κ1) is 22.2. The minimum absolute atomic E-state index is 0.0830. The Hall–Kier alpha value is -4.82. The highest BCUT2D eigenvalue weighted by molar-refractivity contribution is 5.89. The molecule has 0 bridgehead atoms. The predicted octanol–water partition coefficient (Wildman–Crippen LogP) is 9.55. The molecule has 2 heterocycles. The Kier molecular flexibility index (Phi) is 4.60. The quantitative estimate of drug-likeness (QED) is 0.229. The van der Waals surface area contributed by atoms with Crippen LogP contribution >= 0.6 is 0 Å². The molecule has 2 heteroatoms. The number of rotatable bonds is 3. The third-order valence-corrected chi connectivity index (χ3v) is 8.60. The summed E-state index contributed by atoms with van der Waals surface area (Å²) in [5.41, 5.74) is 12.8. The third-order valence-electron chi connectivity index (χ3n) is 8.60. The Morgan fingerprint density at radius 1 is 0.462 bits per heavy atom. The van der Waals surface area contributed by atoms with Crippen molar-refractivity contribution < 1.29 is 0 Å². The summed E-state index contributed by atoms with van der Waals surface area (Å²) in [4.78, 5) is 0. The van der Waals surface area contributed by atoms with Gasteiger partial charge in [0.15, 0.2) is 0 Å². The van der Waals surface area contributed by atoms with Crippen LogP contribution in [0.4, 0.5) is 0 Å². The first-order valence-corrected chi connectivity index (χ1v) is 13.6. The average molecular weight is 501 g/mol. The number of hydrogen-bond acceptors (Lipinski definition) is 0. The molecule has 0 N–H and O–H groups in total. The van der Waals surface area contributed by atoms with Crippen molar-refractivity contribution in [1.29, 1.82) is 0 Å². The maximum Gasteiger partial charge on any atom is 0.0528 e. The van der Waals surface area contributed by atoms with Crippen LogP contribution in [0.1, 0.15) is 25.0 Å². The lowest BCUT2D eigenvalue weighted by molar-refractivity contribution is 0.660. The van der Waals surface area contributed by atoms with E-state index in [1.165, 1.54) is 66.6 Å². The summed E-state index contributed by atoms with van der Waals surface area (Å²) >= 11 is 0. The van der Waals surface area contributed by atoms with Gasteiger partial charge in [0.05, 0.1) is 11.0 Å². The topological polar surface area (TPSA) is 9.86 Å². The minimum Gasteiger partial charge on any atom is -0.317 e. The zero-order chi connectivity index (χ0) is 26.1. The van der Waals surface area contributed by atoms with Crippen molar-refractivity contribution in [2.75, 3.05) is 0 Å². The molecule has 0 atom stereocenters. The van der Waals surface area contributed by atoms with Crippen molar-refractivity contribution in [1.82, 2.24) is 9.13 Å². The second-order valence-electron chi connectivity index (χ2n) is 11.2. The fourth-order valence-electron chi connectivity index (χ4n) is 6.50. The van der Waals surface area contributed by atoms with E-state index in [2.05, 4.69) is 157 Å². The molecule has 1 aliphatic rings. The van der Waals surface area contributed by atoms with Gasteiger partial charge in [-0.3, -0.25) is 0 Å². The van der Waals surface area contributed by atoms with Crippen LogP contribution in [0.15, 0.2) is 134 Å². The van der Waals surface area contributed by atoms with Crippen LogP contribution in [0.5, 0.6) is 0 Å². The van der Waals surface area contributed by atoms with E-state index >= 15 is 0 Å². The lowest BCUT2D eigenvalue weighted by Gasteiger charge is -2.23. The number of hydrogen-bond donors (Lipinski definition) is 0. The fraction of sp³-hybridized carbons (Fsp3) is 0.0811. The molecule has 7 aromatic rings. The van der Waals surface area contributed by atoms with Gasteiger partial charge in [-0.2, -0.15) is 0 Å². The third kappa shape index (κ3) is 3.28. The maximum atomic E-state index is 2.41. The van der Waals surface area contributed by atoms with Crippen LogP contribution in [0.25, 0.3) is 55.4 Å². The molecule has 0 spiro atoms. The molecule has 0 fully saturated rings. The van der Waals surface area contributed by atoms with Crippen molar-refractivity contribution in [3.8, 4) is 33.6 Å². The Morgan fingerprint density at radius 2 is 1.08 bits per heavy atom. The molecule has 0 radical (unpaired) electrons. The molecule has 186 valence electrons. The Labute approximate surface area is 228 Å². The summed E-state index contributed by atoms with van der Waals surface area (Å²) < 4.78 is 4.56. The molecule has 0 aliphatic heterocycles. The fourth-order valence-corrected chi connectivity index (χ4v) is 6.50. The van der Waals surface area contributed by atoms with Gasteiger partial charge >= 0.3 is 0 Å². The van der Waals surface area contributed by atoms with Crippen molar-refractivity contribution >= 4 is 21.8 Å². The number of aromatic nitrogens is 2. The van der Waals surface area contributed by atoms with Crippen LogP contribution in [-0.4, -0.2) is 9.13 Å². The SMILES string of the molecule is CC1(C)c2cc(-c3ccc4c(ccn4-c4ccccc4)c3)ccc2-c2ccc(-n3ccc4ccccc43)cc21. The monoisotopic (exact) mass is 500 g/mol. The largest absolute Gasteiger partial charge is 0.317 e. The molecule has 2 aromatic heterocycles. The molecule has 0 saturated carbocycles. The van der Waals surface area contributed by atoms with Crippen LogP contribution < -0.4 is 0 Å². The summed E-state index contributed by atoms with van der Waals surface area (Å²) in [6, 6.07) is 44.3. The Balaban J connectivity index is 1.19. The first-order chi connectivity index (χ1) is 19.1. The minimum atomic E-state index is -0.0830. The molecule has 39 heavy (non-hydrogen) atoms. The molecule has 5 aromatic carbocycles. The zero-order valence-corrected chi connectivity index (χ0v) is 22.1. The lowest BCUT2D eigenvalue weighted by atomic mass is 9.81. The Morgan fingerprint density at radius 3 is 1.92 bits per heavy atom. The first-order valence-electron chi connectivity index (χ1n) is 13.6. The van der Waals surface area contributed by atoms with Crippen molar-refractivity contribution in [2.24, 2.45) is 0 Å². The average Bonchev–Trinajstić information content (AvgIpc) is 3.66. The summed E-state index contributed by atoms with van der Waals surface area (Å²) in [5, 5.41) is 2.52. The molecular formula is C37H28N2. The molecule has 0 unspecified atom stereocenters. The van der Waals surface area contributed by atoms with Gasteiger partial charge in [0, 0.05) is 34.6 Å². The van der Waals surface area contributed by atoms with Crippen LogP contribution in [0, 0.1) is 0 Å². The van der Waals surface area contributed by atoms with Crippen LogP contribution in [0.2, 0.25) is 0 Å². The highest BCUT2D eigenvalue weighted by atomic mass is 15.0. The number of para-hydroxylation sites is 2. The molecule has 0 amide bonds. The number of nitrogens with zero attached hydrogens (tertiary/aromatic N) is 2. The summed E-state index contributed by atoms with van der Waals surface area (Å²) in [7, 11) is 0. The number of benzene rings is 5. The normalized spacial score (nSPS) is 13.6. The van der Waals surface area contributed by atoms with Gasteiger partial charge in [0.2, 0.25) is 0 Å². The van der Waals surface area contributed by atoms with E-state index in [-0.39, 0.29) is 5.41 Å². The van der Waals surface area contributed by atoms with Gasteiger partial charge in [-0.25, -0.2) is 0 Å². The highest BCUT2D eigenvalue weighted by Crippen LogP contribution is 2.50. The molecule has 1 aliphatic carbocycles. The lowest BCUT2D eigenvalue weighted by Crippen LogP contribution is -2.15. The van der Waals surface area contributed by atoms with Crippen molar-refractivity contribution in [3.63, 3.8) is 0 Å². The zero-order valence-electron chi connectivity index (χ0n) is 22.1. The van der Waals surface area contributed by atoms with Crippen molar-refractivity contribution in [3.05, 3.63) is 145 Å². The number of fused-ring (bicyclic) bond motifs is 5. The smallest absolute Gasteiger partial charge is 0.0528 e. The second kappa shape index (κ2) is 8.09. The summed E-state index contributed by atoms with van der Waals surface area (Å²) in [6.45, 7) is 4.73. The van der Waals surface area contributed by atoms with E-state index in [1.807, 2.05) is 0 Å². The predicted molar refractivity (Wildman–Crippen MR) is 163 cm³/mol. The van der Waals surface area contributed by atoms with Crippen molar-refractivity contribution in [2.45, 2.75) is 19.3 Å². The summed E-state index contributed by atoms with van der Waals surface area (Å²) in [6.07, 6.45) is 4.35. The van der Waals surface area contributed by atoms with E-state index in [0.717, 1.165) is 0 Å². The van der Waals surface area contributed by atoms with E-state index in [1.54, 1.807) is 0 Å². The van der Waals surface area contributed by atoms with Crippen LogP contribution in [-0.2, 0) is 5.41 Å². The molecule has 2 nitrogen and oxygen atoms in total. The van der Waals surface area contributed by atoms with E-state index in [4.69, 9.17) is 0 Å². The van der Waals surface area contributed by atoms with Crippen LogP contribution in [0.3, 0.4) is 0 Å². The van der Waals surface area contributed by atoms with Gasteiger partial charge in [-0.05, 0) is 99.4 Å². The maximum absolute atomic E-state index is 2.41. The highest BCUT2D eigenvalue weighted by Gasteiger charge is 2.36. The van der Waals surface area contributed by atoms with Gasteiger partial charge in [-0.15, -0.1) is 0 Å². The van der Waals surface area contributed by atoms with E-state index in [9.17, 15) is 0 Å². The standard InChI is InChI=1S/C37H28N2/c1-37(2)33-23-27(26-13-17-36-28(22-26)19-21-38(36)29-9-4-3-5-10-29)12-15-31(33)32-16-14-30(24-34(32)37)39-20-18-25-8-6-7-11-35(25)39/h3-24H,1-2H3.